The first-order valence-electron chi connectivity index (χ1n) is 4.34. The quantitative estimate of drug-likeness (QED) is 0.338. The van der Waals surface area contributed by atoms with E-state index in [9.17, 15) is 0 Å². The summed E-state index contributed by atoms with van der Waals surface area (Å²) >= 11 is 0. The zero-order valence-corrected chi connectivity index (χ0v) is 8.33. The van der Waals surface area contributed by atoms with Crippen LogP contribution in [0.4, 0.5) is 0 Å². The summed E-state index contributed by atoms with van der Waals surface area (Å²) in [5, 5.41) is 0. The Balaban J connectivity index is 0.00000144. The monoisotopic (exact) mass is 170 g/mol. The molecule has 1 aromatic carbocycles. The van der Waals surface area contributed by atoms with Gasteiger partial charge in [-0.05, 0) is 5.56 Å². The molecule has 0 radical (unpaired) electrons. The SMILES string of the molecule is [CH2-]CCCOCc1ccccc1.[Li+]. The topological polar surface area (TPSA) is 9.23 Å². The van der Waals surface area contributed by atoms with E-state index in [0.29, 0.717) is 0 Å². The molecule has 0 saturated carbocycles. The molecule has 1 nitrogen and oxygen atoms in total. The Hall–Kier alpha value is -0.223. The van der Waals surface area contributed by atoms with Crippen molar-refractivity contribution in [3.8, 4) is 0 Å². The fourth-order valence-corrected chi connectivity index (χ4v) is 0.968. The van der Waals surface area contributed by atoms with E-state index < -0.39 is 0 Å². The van der Waals surface area contributed by atoms with Gasteiger partial charge in [0, 0.05) is 6.61 Å². The summed E-state index contributed by atoms with van der Waals surface area (Å²) in [6.07, 6.45) is 2.00. The maximum Gasteiger partial charge on any atom is 1.00 e. The van der Waals surface area contributed by atoms with Crippen molar-refractivity contribution in [1.82, 2.24) is 0 Å². The number of hydrogen-bond donors (Lipinski definition) is 0. The van der Waals surface area contributed by atoms with Crippen LogP contribution < -0.4 is 18.9 Å². The van der Waals surface area contributed by atoms with Crippen molar-refractivity contribution in [1.29, 1.82) is 0 Å². The van der Waals surface area contributed by atoms with Gasteiger partial charge in [-0.1, -0.05) is 36.8 Å². The Morgan fingerprint density at radius 1 is 1.15 bits per heavy atom. The van der Waals surface area contributed by atoms with Crippen LogP contribution in [0.15, 0.2) is 30.3 Å². The van der Waals surface area contributed by atoms with Crippen molar-refractivity contribution in [3.05, 3.63) is 42.8 Å². The summed E-state index contributed by atoms with van der Waals surface area (Å²) in [7, 11) is 0. The van der Waals surface area contributed by atoms with E-state index in [2.05, 4.69) is 19.1 Å². The molecule has 1 rings (SSSR count). The van der Waals surface area contributed by atoms with Crippen molar-refractivity contribution < 1.29 is 23.6 Å². The van der Waals surface area contributed by atoms with Gasteiger partial charge in [0.2, 0.25) is 0 Å². The van der Waals surface area contributed by atoms with Gasteiger partial charge in [-0.25, -0.2) is 0 Å². The van der Waals surface area contributed by atoms with E-state index in [0.717, 1.165) is 26.1 Å². The fourth-order valence-electron chi connectivity index (χ4n) is 0.968. The minimum absolute atomic E-state index is 0. The second-order valence-corrected chi connectivity index (χ2v) is 2.75. The molecule has 1 aromatic rings. The van der Waals surface area contributed by atoms with Crippen LogP contribution in [0.5, 0.6) is 0 Å². The molecule has 0 unspecified atom stereocenters. The summed E-state index contributed by atoms with van der Waals surface area (Å²) < 4.78 is 5.42. The van der Waals surface area contributed by atoms with Crippen LogP contribution in [0, 0.1) is 6.92 Å². The van der Waals surface area contributed by atoms with Crippen molar-refractivity contribution >= 4 is 0 Å². The average molecular weight is 170 g/mol. The predicted molar refractivity (Wildman–Crippen MR) is 50.7 cm³/mol. The molecule has 0 atom stereocenters. The molecule has 0 fully saturated rings. The molecule has 0 aliphatic rings. The summed E-state index contributed by atoms with van der Waals surface area (Å²) in [6, 6.07) is 10.2. The predicted octanol–water partition coefficient (Wildman–Crippen LogP) is -0.179. The molecule has 2 heteroatoms. The summed E-state index contributed by atoms with van der Waals surface area (Å²) in [6.45, 7) is 5.29. The Morgan fingerprint density at radius 3 is 2.46 bits per heavy atom. The Kier molecular flexibility index (Phi) is 8.24. The van der Waals surface area contributed by atoms with Crippen LogP contribution >= 0.6 is 0 Å². The number of ether oxygens (including phenoxy) is 1. The van der Waals surface area contributed by atoms with E-state index in [4.69, 9.17) is 4.74 Å². The first kappa shape index (κ1) is 12.8. The van der Waals surface area contributed by atoms with Crippen LogP contribution in [0.1, 0.15) is 18.4 Å². The Morgan fingerprint density at radius 2 is 1.85 bits per heavy atom. The number of benzene rings is 1. The van der Waals surface area contributed by atoms with E-state index in [1.54, 1.807) is 0 Å². The summed E-state index contributed by atoms with van der Waals surface area (Å²) in [4.78, 5) is 0. The molecule has 0 bridgehead atoms. The largest absolute Gasteiger partial charge is 1.00 e. The van der Waals surface area contributed by atoms with Gasteiger partial charge in [0.25, 0.3) is 0 Å². The van der Waals surface area contributed by atoms with Gasteiger partial charge in [-0.15, -0.1) is 0 Å². The van der Waals surface area contributed by atoms with Gasteiger partial charge in [0.15, 0.2) is 0 Å². The second-order valence-electron chi connectivity index (χ2n) is 2.75. The first-order valence-corrected chi connectivity index (χ1v) is 4.34. The van der Waals surface area contributed by atoms with E-state index in [-0.39, 0.29) is 18.9 Å². The van der Waals surface area contributed by atoms with E-state index in [1.807, 2.05) is 18.2 Å². The summed E-state index contributed by atoms with van der Waals surface area (Å²) in [5.41, 5.74) is 1.24. The molecule has 0 N–H and O–H groups in total. The number of rotatable bonds is 5. The van der Waals surface area contributed by atoms with Crippen molar-refractivity contribution in [2.75, 3.05) is 6.61 Å². The van der Waals surface area contributed by atoms with Crippen molar-refractivity contribution in [2.45, 2.75) is 19.4 Å². The van der Waals surface area contributed by atoms with Gasteiger partial charge in [0.05, 0.1) is 6.61 Å². The molecule has 0 spiro atoms. The van der Waals surface area contributed by atoms with Crippen LogP contribution in [-0.2, 0) is 11.3 Å². The maximum absolute atomic E-state index is 5.42. The van der Waals surface area contributed by atoms with Crippen LogP contribution in [-0.4, -0.2) is 6.61 Å². The van der Waals surface area contributed by atoms with Gasteiger partial charge in [-0.3, -0.25) is 0 Å². The van der Waals surface area contributed by atoms with E-state index >= 15 is 0 Å². The standard InChI is InChI=1S/C11H15O.Li/c1-2-3-9-12-10-11-7-5-4-6-8-11;/h4-8H,1-3,9-10H2;/q-1;+1. The zero-order chi connectivity index (χ0) is 8.65. The van der Waals surface area contributed by atoms with E-state index in [1.165, 1.54) is 5.56 Å². The van der Waals surface area contributed by atoms with Gasteiger partial charge >= 0.3 is 18.9 Å². The van der Waals surface area contributed by atoms with Crippen LogP contribution in [0.3, 0.4) is 0 Å². The number of hydrogen-bond acceptors (Lipinski definition) is 1. The van der Waals surface area contributed by atoms with Crippen molar-refractivity contribution in [2.24, 2.45) is 0 Å². The van der Waals surface area contributed by atoms with Crippen molar-refractivity contribution in [3.63, 3.8) is 0 Å². The number of unbranched alkanes of at least 4 members (excludes halogenated alkanes) is 1. The molecule has 0 aliphatic carbocycles. The molecule has 66 valence electrons. The third kappa shape index (κ3) is 5.93. The summed E-state index contributed by atoms with van der Waals surface area (Å²) in [5.74, 6) is 0. The molecule has 0 amide bonds. The Labute approximate surface area is 92.7 Å². The minimum atomic E-state index is 0. The first-order chi connectivity index (χ1) is 5.93. The molecular formula is C11H15LiO. The molecule has 0 aromatic heterocycles. The fraction of sp³-hybridized carbons (Fsp3) is 0.364. The molecular weight excluding hydrogens is 155 g/mol. The minimum Gasteiger partial charge on any atom is -0.377 e. The van der Waals surface area contributed by atoms with Gasteiger partial charge in [0.1, 0.15) is 0 Å². The van der Waals surface area contributed by atoms with Gasteiger partial charge in [-0.2, -0.15) is 6.42 Å². The average Bonchev–Trinajstić information content (AvgIpc) is 2.14. The third-order valence-electron chi connectivity index (χ3n) is 1.65. The molecule has 0 saturated heterocycles. The molecule has 0 aliphatic heterocycles. The molecule has 0 heterocycles. The molecule has 13 heavy (non-hydrogen) atoms. The second kappa shape index (κ2) is 8.38. The van der Waals surface area contributed by atoms with Gasteiger partial charge < -0.3 is 11.7 Å². The third-order valence-corrected chi connectivity index (χ3v) is 1.65. The Bertz CT molecular complexity index is 199. The zero-order valence-electron chi connectivity index (χ0n) is 8.33. The van der Waals surface area contributed by atoms with Crippen LogP contribution in [0.2, 0.25) is 0 Å². The normalized spacial score (nSPS) is 9.31. The van der Waals surface area contributed by atoms with Crippen LogP contribution in [0.25, 0.3) is 0 Å². The smallest absolute Gasteiger partial charge is 0.377 e. The maximum atomic E-state index is 5.42.